The van der Waals surface area contributed by atoms with Crippen molar-refractivity contribution in [1.82, 2.24) is 0 Å². The average Bonchev–Trinajstić information content (AvgIpc) is 2.16. The Bertz CT molecular complexity index is 265. The first kappa shape index (κ1) is 11.7. The van der Waals surface area contributed by atoms with Crippen LogP contribution in [0.2, 0.25) is 6.04 Å². The summed E-state index contributed by atoms with van der Waals surface area (Å²) in [4.78, 5) is 1.31. The van der Waals surface area contributed by atoms with E-state index in [9.17, 15) is 0 Å². The van der Waals surface area contributed by atoms with Crippen LogP contribution in [0.1, 0.15) is 0 Å². The molecule has 0 bridgehead atoms. The molecule has 0 amide bonds. The van der Waals surface area contributed by atoms with Gasteiger partial charge in [-0.25, -0.2) is 0 Å². The van der Waals surface area contributed by atoms with Gasteiger partial charge in [0.15, 0.2) is 11.8 Å². The molecule has 0 aliphatic heterocycles. The van der Waals surface area contributed by atoms with Gasteiger partial charge in [0, 0.05) is 16.0 Å². The Morgan fingerprint density at radius 3 is 2.62 bits per heavy atom. The van der Waals surface area contributed by atoms with Crippen LogP contribution >= 0.6 is 27.9 Å². The van der Waals surface area contributed by atoms with Crippen LogP contribution in [-0.4, -0.2) is 16.0 Å². The fourth-order valence-electron chi connectivity index (χ4n) is 0.760. The van der Waals surface area contributed by atoms with Crippen LogP contribution in [0.25, 0.3) is 0 Å². The maximum atomic E-state index is 5.39. The van der Waals surface area contributed by atoms with Crippen LogP contribution in [0.5, 0.6) is 0 Å². The predicted molar refractivity (Wildman–Crippen MR) is 73.8 cm³/mol. The van der Waals surface area contributed by atoms with Gasteiger partial charge >= 0.3 is 5.10 Å². The van der Waals surface area contributed by atoms with Crippen LogP contribution in [0.3, 0.4) is 0 Å². The predicted octanol–water partition coefficient (Wildman–Crippen LogP) is 3.07. The zero-order chi connectivity index (χ0) is 9.52. The largest absolute Gasteiger partial charge is 0.322 e. The minimum atomic E-state index is -0.324. The first-order valence-corrected chi connectivity index (χ1v) is 10.9. The van der Waals surface area contributed by atoms with Crippen molar-refractivity contribution < 1.29 is 0 Å². The lowest BCUT2D eigenvalue weighted by Gasteiger charge is -1.89. The second-order valence-electron chi connectivity index (χ2n) is 2.46. The Morgan fingerprint density at radius 1 is 1.31 bits per heavy atom. The van der Waals surface area contributed by atoms with E-state index >= 15 is 0 Å². The van der Waals surface area contributed by atoms with Crippen molar-refractivity contribution in [1.29, 1.82) is 0 Å². The van der Waals surface area contributed by atoms with Crippen molar-refractivity contribution in [2.45, 2.75) is 10.9 Å². The molecule has 0 N–H and O–H groups in total. The Morgan fingerprint density at radius 2 is 2.00 bits per heavy atom. The van der Waals surface area contributed by atoms with Gasteiger partial charge in [-0.2, -0.15) is 0 Å². The van der Waals surface area contributed by atoms with E-state index in [1.807, 2.05) is 28.8 Å². The molecule has 1 aromatic rings. The maximum Gasteiger partial charge on any atom is 0.322 e. The molecule has 0 spiro atoms. The van der Waals surface area contributed by atoms with Gasteiger partial charge in [0.05, 0.1) is 4.90 Å². The Balaban J connectivity index is 2.37. The molecule has 1 aromatic carbocycles. The molecule has 70 valence electrons. The maximum absolute atomic E-state index is 5.39. The van der Waals surface area contributed by atoms with Crippen LogP contribution in [-0.2, 0) is 11.8 Å². The lowest BCUT2D eigenvalue weighted by atomic mass is 10.4. The molecule has 13 heavy (non-hydrogen) atoms. The van der Waals surface area contributed by atoms with Gasteiger partial charge < -0.3 is 0 Å². The molecule has 0 nitrogen and oxygen atoms in total. The normalized spacial score (nSPS) is 11.5. The molecule has 1 rings (SSSR count). The molecule has 0 saturated carbocycles. The van der Waals surface area contributed by atoms with E-state index in [1.54, 1.807) is 0 Å². The summed E-state index contributed by atoms with van der Waals surface area (Å²) < 4.78 is 0. The fourth-order valence-corrected chi connectivity index (χ4v) is 8.64. The van der Waals surface area contributed by atoms with E-state index in [0.717, 1.165) is 0 Å². The van der Waals surface area contributed by atoms with E-state index in [2.05, 4.69) is 24.3 Å². The smallest absolute Gasteiger partial charge is 0.0622 e. The molecular formula is C8H12PS3Si+. The van der Waals surface area contributed by atoms with E-state index in [4.69, 9.17) is 11.8 Å². The number of hydrogen-bond donors (Lipinski definition) is 0. The third kappa shape index (κ3) is 5.18. The highest BCUT2D eigenvalue weighted by molar-refractivity contribution is 8.94. The van der Waals surface area contributed by atoms with Crippen LogP contribution in [0, 0.1) is 0 Å². The zero-order valence-electron chi connectivity index (χ0n) is 7.47. The van der Waals surface area contributed by atoms with Crippen LogP contribution < -0.4 is 0 Å². The van der Waals surface area contributed by atoms with Crippen LogP contribution in [0.15, 0.2) is 35.2 Å². The Labute approximate surface area is 96.6 Å². The minimum Gasteiger partial charge on any atom is -0.0622 e. The number of rotatable bonds is 5. The summed E-state index contributed by atoms with van der Waals surface area (Å²) in [7, 11) is 1.30. The SMILES string of the molecule is [SiH3]CCS[P+](=S)Sc1ccccc1. The van der Waals surface area contributed by atoms with Crippen molar-refractivity contribution in [2.24, 2.45) is 0 Å². The molecule has 0 aromatic heterocycles. The third-order valence-electron chi connectivity index (χ3n) is 1.32. The van der Waals surface area contributed by atoms with E-state index in [0.29, 0.717) is 0 Å². The first-order valence-electron chi connectivity index (χ1n) is 4.16. The molecule has 5 heteroatoms. The fraction of sp³-hybridized carbons (Fsp3) is 0.250. The van der Waals surface area contributed by atoms with E-state index in [1.165, 1.54) is 26.9 Å². The molecule has 1 unspecified atom stereocenters. The average molecular weight is 263 g/mol. The molecule has 0 saturated heterocycles. The van der Waals surface area contributed by atoms with Gasteiger partial charge in [0.2, 0.25) is 0 Å². The molecule has 1 atom stereocenters. The topological polar surface area (TPSA) is 0 Å². The third-order valence-corrected chi connectivity index (χ3v) is 9.48. The molecule has 0 fully saturated rings. The Hall–Kier alpha value is 0.657. The van der Waals surface area contributed by atoms with Gasteiger partial charge in [0.25, 0.3) is 0 Å². The number of benzene rings is 1. The number of hydrogen-bond acceptors (Lipinski definition) is 3. The molecular weight excluding hydrogens is 251 g/mol. The van der Waals surface area contributed by atoms with Gasteiger partial charge in [-0.05, 0) is 12.1 Å². The van der Waals surface area contributed by atoms with Crippen molar-refractivity contribution in [3.8, 4) is 0 Å². The highest BCUT2D eigenvalue weighted by Crippen LogP contribution is 2.54. The zero-order valence-corrected chi connectivity index (χ0v) is 12.8. The van der Waals surface area contributed by atoms with Gasteiger partial charge in [-0.15, -0.1) is 0 Å². The van der Waals surface area contributed by atoms with Crippen molar-refractivity contribution >= 4 is 49.9 Å². The summed E-state index contributed by atoms with van der Waals surface area (Å²) in [6.45, 7) is 0. The lowest BCUT2D eigenvalue weighted by molar-refractivity contribution is 1.48. The highest BCUT2D eigenvalue weighted by atomic mass is 33.2. The van der Waals surface area contributed by atoms with E-state index in [-0.39, 0.29) is 5.10 Å². The summed E-state index contributed by atoms with van der Waals surface area (Å²) >= 11 is 9.18. The molecule has 0 radical (unpaired) electrons. The quantitative estimate of drug-likeness (QED) is 0.592. The summed E-state index contributed by atoms with van der Waals surface area (Å²) in [6.07, 6.45) is 0. The van der Waals surface area contributed by atoms with Crippen molar-refractivity contribution in [3.05, 3.63) is 30.3 Å². The summed E-state index contributed by atoms with van der Waals surface area (Å²) in [5.41, 5.74) is 0. The second-order valence-corrected chi connectivity index (χ2v) is 11.9. The van der Waals surface area contributed by atoms with Gasteiger partial charge in [0.1, 0.15) is 22.8 Å². The summed E-state index contributed by atoms with van der Waals surface area (Å²) in [5, 5.41) is -0.324. The minimum absolute atomic E-state index is 0.324. The highest BCUT2D eigenvalue weighted by Gasteiger charge is 2.14. The van der Waals surface area contributed by atoms with E-state index < -0.39 is 0 Å². The second kappa shape index (κ2) is 7.02. The summed E-state index contributed by atoms with van der Waals surface area (Å²) in [5.74, 6) is 1.25. The monoisotopic (exact) mass is 263 g/mol. The van der Waals surface area contributed by atoms with Crippen LogP contribution in [0.4, 0.5) is 0 Å². The molecule has 0 heterocycles. The van der Waals surface area contributed by atoms with Crippen molar-refractivity contribution in [3.63, 3.8) is 0 Å². The molecule has 0 aliphatic rings. The Kier molecular flexibility index (Phi) is 6.33. The summed E-state index contributed by atoms with van der Waals surface area (Å²) in [6, 6.07) is 11.8. The lowest BCUT2D eigenvalue weighted by Crippen LogP contribution is -1.69. The van der Waals surface area contributed by atoms with Gasteiger partial charge in [-0.1, -0.05) is 24.2 Å². The standard InChI is InChI=1S/C8H12PS3Si/c10-9(11-6-7-13)12-8-4-2-1-3-5-8/h1-5H,6-7H2,13H3/q+1. The van der Waals surface area contributed by atoms with Crippen molar-refractivity contribution in [2.75, 3.05) is 5.75 Å². The first-order chi connectivity index (χ1) is 6.33. The molecule has 0 aliphatic carbocycles. The van der Waals surface area contributed by atoms with Gasteiger partial charge in [-0.3, -0.25) is 0 Å².